The fraction of sp³-hybridized carbons (Fsp3) is 0.571. The minimum absolute atomic E-state index is 0.0775. The topological polar surface area (TPSA) is 89.6 Å². The molecule has 2 N–H and O–H groups in total. The predicted molar refractivity (Wildman–Crippen MR) is 110 cm³/mol. The zero-order valence-corrected chi connectivity index (χ0v) is 17.0. The van der Waals surface area contributed by atoms with Gasteiger partial charge in [0.25, 0.3) is 0 Å². The molecule has 2 aromatic rings. The highest BCUT2D eigenvalue weighted by Crippen LogP contribution is 2.43. The van der Waals surface area contributed by atoms with Crippen LogP contribution in [0, 0.1) is 17.8 Å². The molecule has 10 heteroatoms. The third-order valence-electron chi connectivity index (χ3n) is 7.02. The number of anilines is 3. The van der Waals surface area contributed by atoms with Gasteiger partial charge in [-0.2, -0.15) is 13.8 Å². The summed E-state index contributed by atoms with van der Waals surface area (Å²) in [5.41, 5.74) is 6.92. The Balaban J connectivity index is 1.38. The second-order valence-corrected chi connectivity index (χ2v) is 9.00. The number of rotatable bonds is 5. The molecular formula is C21H24F2N6O2. The van der Waals surface area contributed by atoms with Gasteiger partial charge in [-0.05, 0) is 24.8 Å². The lowest BCUT2D eigenvalue weighted by Gasteiger charge is -2.27. The average Bonchev–Trinajstić information content (AvgIpc) is 3.48. The standard InChI is InChI=1S/C21H24F2N6O2/c22-20(23)31-17-3-12(5-25-19(17)24)16-4-18(28-7-13-9-30-10-14(13)8-28)27-21(26-16)29-6-11-1-15(29)2-11/h3-5,11,13-15,20H,1-2,6-10H2,(H2,24,25). The van der Waals surface area contributed by atoms with Crippen molar-refractivity contribution in [3.63, 3.8) is 0 Å². The molecule has 0 spiro atoms. The Hall–Kier alpha value is -2.75. The van der Waals surface area contributed by atoms with E-state index in [0.717, 1.165) is 38.7 Å². The number of hydrogen-bond acceptors (Lipinski definition) is 8. The summed E-state index contributed by atoms with van der Waals surface area (Å²) in [7, 11) is 0. The summed E-state index contributed by atoms with van der Waals surface area (Å²) in [5.74, 6) is 3.08. The van der Waals surface area contributed by atoms with E-state index < -0.39 is 6.61 Å². The first-order chi connectivity index (χ1) is 15.0. The fourth-order valence-corrected chi connectivity index (χ4v) is 5.30. The van der Waals surface area contributed by atoms with Crippen LogP contribution in [0.1, 0.15) is 12.8 Å². The highest BCUT2D eigenvalue weighted by molar-refractivity contribution is 5.68. The first-order valence-electron chi connectivity index (χ1n) is 10.7. The van der Waals surface area contributed by atoms with Gasteiger partial charge in [0.2, 0.25) is 5.95 Å². The molecular weight excluding hydrogens is 406 g/mol. The van der Waals surface area contributed by atoms with Crippen LogP contribution in [0.15, 0.2) is 18.3 Å². The van der Waals surface area contributed by atoms with E-state index in [-0.39, 0.29) is 11.6 Å². The van der Waals surface area contributed by atoms with E-state index in [4.69, 9.17) is 20.4 Å². The van der Waals surface area contributed by atoms with Gasteiger partial charge in [-0.1, -0.05) is 0 Å². The number of nitrogens with two attached hydrogens (primary N) is 1. The van der Waals surface area contributed by atoms with Gasteiger partial charge in [-0.15, -0.1) is 0 Å². The molecule has 164 valence electrons. The average molecular weight is 430 g/mol. The molecule has 4 aliphatic heterocycles. The van der Waals surface area contributed by atoms with E-state index in [9.17, 15) is 8.78 Å². The number of hydrogen-bond donors (Lipinski definition) is 1. The maximum Gasteiger partial charge on any atom is 0.387 e. The molecule has 31 heavy (non-hydrogen) atoms. The van der Waals surface area contributed by atoms with Gasteiger partial charge in [0.15, 0.2) is 11.6 Å². The predicted octanol–water partition coefficient (Wildman–Crippen LogP) is 2.40. The molecule has 1 aliphatic carbocycles. The van der Waals surface area contributed by atoms with Crippen LogP contribution in [0.4, 0.5) is 26.4 Å². The molecule has 7 rings (SSSR count). The molecule has 5 fully saturated rings. The van der Waals surface area contributed by atoms with Crippen molar-refractivity contribution < 1.29 is 18.3 Å². The Morgan fingerprint density at radius 3 is 2.55 bits per heavy atom. The van der Waals surface area contributed by atoms with Crippen molar-refractivity contribution in [3.8, 4) is 17.0 Å². The largest absolute Gasteiger partial charge is 0.431 e. The van der Waals surface area contributed by atoms with E-state index in [1.807, 2.05) is 6.07 Å². The van der Waals surface area contributed by atoms with Crippen LogP contribution < -0.4 is 20.3 Å². The highest BCUT2D eigenvalue weighted by atomic mass is 19.3. The molecule has 0 radical (unpaired) electrons. The molecule has 2 atom stereocenters. The first kappa shape index (κ1) is 19.0. The van der Waals surface area contributed by atoms with Crippen molar-refractivity contribution in [3.05, 3.63) is 18.3 Å². The lowest BCUT2D eigenvalue weighted by atomic mass is 9.86. The Labute approximate surface area is 178 Å². The van der Waals surface area contributed by atoms with Crippen molar-refractivity contribution in [1.82, 2.24) is 15.0 Å². The van der Waals surface area contributed by atoms with Crippen LogP contribution in [0.2, 0.25) is 0 Å². The Morgan fingerprint density at radius 1 is 1.10 bits per heavy atom. The van der Waals surface area contributed by atoms with Gasteiger partial charge < -0.3 is 25.0 Å². The summed E-state index contributed by atoms with van der Waals surface area (Å²) in [5, 5.41) is 0. The fourth-order valence-electron chi connectivity index (χ4n) is 5.30. The smallest absolute Gasteiger partial charge is 0.387 e. The van der Waals surface area contributed by atoms with E-state index in [1.165, 1.54) is 18.9 Å². The van der Waals surface area contributed by atoms with E-state index in [1.54, 1.807) is 6.20 Å². The van der Waals surface area contributed by atoms with E-state index in [0.29, 0.717) is 41.0 Å². The SMILES string of the molecule is Nc1ncc(-c2cc(N3CC4COCC4C3)nc(N3CC4CC3C4)n2)cc1OC(F)F. The minimum Gasteiger partial charge on any atom is -0.431 e. The monoisotopic (exact) mass is 430 g/mol. The van der Waals surface area contributed by atoms with Crippen molar-refractivity contribution in [1.29, 1.82) is 0 Å². The number of ether oxygens (including phenoxy) is 2. The molecule has 6 heterocycles. The molecule has 5 aliphatic rings. The van der Waals surface area contributed by atoms with Crippen molar-refractivity contribution in [2.24, 2.45) is 17.8 Å². The van der Waals surface area contributed by atoms with Crippen molar-refractivity contribution in [2.45, 2.75) is 25.5 Å². The summed E-state index contributed by atoms with van der Waals surface area (Å²) in [6, 6.07) is 3.87. The normalized spacial score (nSPS) is 28.9. The Morgan fingerprint density at radius 2 is 1.87 bits per heavy atom. The van der Waals surface area contributed by atoms with Gasteiger partial charge >= 0.3 is 6.61 Å². The second-order valence-electron chi connectivity index (χ2n) is 9.00. The van der Waals surface area contributed by atoms with Crippen LogP contribution >= 0.6 is 0 Å². The van der Waals surface area contributed by atoms with Crippen LogP contribution in [-0.4, -0.2) is 60.5 Å². The van der Waals surface area contributed by atoms with E-state index >= 15 is 0 Å². The second kappa shape index (κ2) is 7.15. The number of nitrogens with zero attached hydrogens (tertiary/aromatic N) is 5. The maximum atomic E-state index is 12.8. The van der Waals surface area contributed by atoms with Crippen LogP contribution in [0.25, 0.3) is 11.3 Å². The number of halogens is 2. The molecule has 0 amide bonds. The molecule has 1 saturated carbocycles. The molecule has 2 bridgehead atoms. The molecule has 8 nitrogen and oxygen atoms in total. The zero-order chi connectivity index (χ0) is 21.1. The van der Waals surface area contributed by atoms with Gasteiger partial charge in [0.05, 0.1) is 18.9 Å². The van der Waals surface area contributed by atoms with Crippen LogP contribution in [0.3, 0.4) is 0 Å². The summed E-state index contributed by atoms with van der Waals surface area (Å²) >= 11 is 0. The lowest BCUT2D eigenvalue weighted by molar-refractivity contribution is -0.0494. The highest BCUT2D eigenvalue weighted by Gasteiger charge is 2.44. The van der Waals surface area contributed by atoms with Crippen LogP contribution in [-0.2, 0) is 4.74 Å². The summed E-state index contributed by atoms with van der Waals surface area (Å²) in [4.78, 5) is 18.3. The molecule has 2 aromatic heterocycles. The van der Waals surface area contributed by atoms with Gasteiger partial charge in [-0.25, -0.2) is 9.97 Å². The van der Waals surface area contributed by atoms with Crippen LogP contribution in [0.5, 0.6) is 5.75 Å². The molecule has 0 aromatic carbocycles. The maximum absolute atomic E-state index is 12.8. The first-order valence-corrected chi connectivity index (χ1v) is 10.7. The third-order valence-corrected chi connectivity index (χ3v) is 7.02. The van der Waals surface area contributed by atoms with Gasteiger partial charge in [0, 0.05) is 55.3 Å². The third kappa shape index (κ3) is 3.33. The van der Waals surface area contributed by atoms with Gasteiger partial charge in [0.1, 0.15) is 5.82 Å². The zero-order valence-electron chi connectivity index (χ0n) is 17.0. The molecule has 4 saturated heterocycles. The molecule has 2 unspecified atom stereocenters. The Bertz CT molecular complexity index is 990. The quantitative estimate of drug-likeness (QED) is 0.774. The Kier molecular flexibility index (Phi) is 4.38. The van der Waals surface area contributed by atoms with E-state index in [2.05, 4.69) is 19.5 Å². The number of nitrogen functional groups attached to an aromatic ring is 1. The summed E-state index contributed by atoms with van der Waals surface area (Å²) in [6.07, 6.45) is 3.91. The number of aromatic nitrogens is 3. The number of fused-ring (bicyclic) bond motifs is 2. The lowest BCUT2D eigenvalue weighted by Crippen LogP contribution is -2.31. The summed E-state index contributed by atoms with van der Waals surface area (Å²) in [6.45, 7) is 1.36. The number of pyridine rings is 1. The minimum atomic E-state index is -2.97. The van der Waals surface area contributed by atoms with Crippen molar-refractivity contribution >= 4 is 17.6 Å². The summed E-state index contributed by atoms with van der Waals surface area (Å²) < 4.78 is 35.7. The van der Waals surface area contributed by atoms with Gasteiger partial charge in [-0.3, -0.25) is 0 Å². The van der Waals surface area contributed by atoms with Crippen molar-refractivity contribution in [2.75, 3.05) is 48.4 Å². The number of alkyl halides is 2.